The van der Waals surface area contributed by atoms with Crippen molar-refractivity contribution in [1.82, 2.24) is 20.5 Å². The first kappa shape index (κ1) is 16.4. The SMILES string of the molecule is CC(C)CCNCc1ccc(-c2cccc(-c3ncn[nH]3)c2)cc1. The smallest absolute Gasteiger partial charge is 0.155 e. The zero-order chi connectivity index (χ0) is 16.8. The Morgan fingerprint density at radius 1 is 1.00 bits per heavy atom. The Bertz CT molecular complexity index is 746. The predicted octanol–water partition coefficient (Wildman–Crippen LogP) is 4.27. The minimum absolute atomic E-state index is 0.747. The molecule has 0 atom stereocenters. The van der Waals surface area contributed by atoms with Gasteiger partial charge in [0.05, 0.1) is 0 Å². The number of nitrogens with zero attached hydrogens (tertiary/aromatic N) is 2. The van der Waals surface area contributed by atoms with Crippen LogP contribution in [0, 0.1) is 5.92 Å². The van der Waals surface area contributed by atoms with E-state index in [2.05, 4.69) is 76.8 Å². The second-order valence-electron chi connectivity index (χ2n) is 6.47. The first-order valence-electron chi connectivity index (χ1n) is 8.48. The fourth-order valence-corrected chi connectivity index (χ4v) is 2.63. The van der Waals surface area contributed by atoms with Crippen LogP contribution in [0.25, 0.3) is 22.5 Å². The Labute approximate surface area is 143 Å². The van der Waals surface area contributed by atoms with Gasteiger partial charge >= 0.3 is 0 Å². The molecule has 0 amide bonds. The number of hydrogen-bond acceptors (Lipinski definition) is 3. The minimum atomic E-state index is 0.747. The molecule has 0 fully saturated rings. The molecule has 0 aliphatic rings. The molecule has 0 bridgehead atoms. The number of aromatic nitrogens is 3. The first-order chi connectivity index (χ1) is 11.7. The van der Waals surface area contributed by atoms with E-state index >= 15 is 0 Å². The van der Waals surface area contributed by atoms with Crippen LogP contribution in [0.4, 0.5) is 0 Å². The molecule has 0 unspecified atom stereocenters. The summed E-state index contributed by atoms with van der Waals surface area (Å²) in [7, 11) is 0. The summed E-state index contributed by atoms with van der Waals surface area (Å²) in [4.78, 5) is 4.21. The van der Waals surface area contributed by atoms with Gasteiger partial charge in [-0.1, -0.05) is 56.3 Å². The van der Waals surface area contributed by atoms with Gasteiger partial charge in [0, 0.05) is 12.1 Å². The fraction of sp³-hybridized carbons (Fsp3) is 0.300. The van der Waals surface area contributed by atoms with E-state index < -0.39 is 0 Å². The summed E-state index contributed by atoms with van der Waals surface area (Å²) >= 11 is 0. The maximum atomic E-state index is 4.21. The minimum Gasteiger partial charge on any atom is -0.313 e. The summed E-state index contributed by atoms with van der Waals surface area (Å²) in [6.07, 6.45) is 2.75. The molecular formula is C20H24N4. The molecule has 0 radical (unpaired) electrons. The van der Waals surface area contributed by atoms with Gasteiger partial charge in [-0.15, -0.1) is 0 Å². The van der Waals surface area contributed by atoms with Gasteiger partial charge < -0.3 is 5.32 Å². The van der Waals surface area contributed by atoms with Crippen LogP contribution < -0.4 is 5.32 Å². The molecule has 0 spiro atoms. The number of benzene rings is 2. The van der Waals surface area contributed by atoms with Crippen molar-refractivity contribution in [3.8, 4) is 22.5 Å². The van der Waals surface area contributed by atoms with Gasteiger partial charge in [-0.3, -0.25) is 5.10 Å². The number of aromatic amines is 1. The molecule has 3 aromatic rings. The van der Waals surface area contributed by atoms with Crippen LogP contribution in [0.5, 0.6) is 0 Å². The Balaban J connectivity index is 1.66. The lowest BCUT2D eigenvalue weighted by molar-refractivity contribution is 0.537. The van der Waals surface area contributed by atoms with Crippen LogP contribution >= 0.6 is 0 Å². The summed E-state index contributed by atoms with van der Waals surface area (Å²) in [5, 5.41) is 10.3. The van der Waals surface area contributed by atoms with Gasteiger partial charge in [-0.25, -0.2) is 4.98 Å². The van der Waals surface area contributed by atoms with E-state index in [1.165, 1.54) is 29.4 Å². The van der Waals surface area contributed by atoms with Crippen molar-refractivity contribution >= 4 is 0 Å². The fourth-order valence-electron chi connectivity index (χ4n) is 2.63. The highest BCUT2D eigenvalue weighted by Gasteiger charge is 2.04. The highest BCUT2D eigenvalue weighted by atomic mass is 15.2. The molecule has 2 N–H and O–H groups in total. The maximum Gasteiger partial charge on any atom is 0.155 e. The average molecular weight is 320 g/mol. The van der Waals surface area contributed by atoms with Crippen LogP contribution in [0.1, 0.15) is 25.8 Å². The van der Waals surface area contributed by atoms with Crippen LogP contribution in [0.2, 0.25) is 0 Å². The lowest BCUT2D eigenvalue weighted by atomic mass is 10.0. The van der Waals surface area contributed by atoms with Gasteiger partial charge in [0.1, 0.15) is 6.33 Å². The molecule has 0 saturated carbocycles. The Kier molecular flexibility index (Phi) is 5.39. The molecule has 4 heteroatoms. The van der Waals surface area contributed by atoms with Crippen molar-refractivity contribution in [3.05, 3.63) is 60.4 Å². The van der Waals surface area contributed by atoms with Crippen LogP contribution in [-0.2, 0) is 6.54 Å². The molecule has 3 rings (SSSR count). The molecule has 1 heterocycles. The van der Waals surface area contributed by atoms with Crippen molar-refractivity contribution in [2.24, 2.45) is 5.92 Å². The maximum absolute atomic E-state index is 4.21. The number of nitrogens with one attached hydrogen (secondary N) is 2. The van der Waals surface area contributed by atoms with Crippen LogP contribution in [0.15, 0.2) is 54.9 Å². The molecule has 4 nitrogen and oxygen atoms in total. The lowest BCUT2D eigenvalue weighted by Gasteiger charge is -2.08. The predicted molar refractivity (Wildman–Crippen MR) is 98.4 cm³/mol. The monoisotopic (exact) mass is 320 g/mol. The van der Waals surface area contributed by atoms with Crippen molar-refractivity contribution in [2.75, 3.05) is 6.54 Å². The number of rotatable bonds is 7. The van der Waals surface area contributed by atoms with E-state index in [1.54, 1.807) is 0 Å². The van der Waals surface area contributed by atoms with Gasteiger partial charge in [-0.05, 0) is 41.6 Å². The molecule has 24 heavy (non-hydrogen) atoms. The third-order valence-electron chi connectivity index (χ3n) is 4.07. The van der Waals surface area contributed by atoms with E-state index in [4.69, 9.17) is 0 Å². The third kappa shape index (κ3) is 4.30. The van der Waals surface area contributed by atoms with Gasteiger partial charge in [0.2, 0.25) is 0 Å². The zero-order valence-electron chi connectivity index (χ0n) is 14.3. The molecule has 1 aromatic heterocycles. The Hall–Kier alpha value is -2.46. The van der Waals surface area contributed by atoms with Crippen LogP contribution in [0.3, 0.4) is 0 Å². The van der Waals surface area contributed by atoms with E-state index in [9.17, 15) is 0 Å². The van der Waals surface area contributed by atoms with E-state index in [1.807, 2.05) is 6.07 Å². The van der Waals surface area contributed by atoms with Crippen LogP contribution in [-0.4, -0.2) is 21.7 Å². The van der Waals surface area contributed by atoms with Gasteiger partial charge in [0.25, 0.3) is 0 Å². The molecule has 0 saturated heterocycles. The first-order valence-corrected chi connectivity index (χ1v) is 8.48. The van der Waals surface area contributed by atoms with Crippen molar-refractivity contribution < 1.29 is 0 Å². The lowest BCUT2D eigenvalue weighted by Crippen LogP contribution is -2.16. The highest BCUT2D eigenvalue weighted by Crippen LogP contribution is 2.24. The molecular weight excluding hydrogens is 296 g/mol. The van der Waals surface area contributed by atoms with Gasteiger partial charge in [-0.2, -0.15) is 5.10 Å². The summed E-state index contributed by atoms with van der Waals surface area (Å²) in [5.74, 6) is 1.54. The summed E-state index contributed by atoms with van der Waals surface area (Å²) in [5.41, 5.74) is 4.75. The molecule has 2 aromatic carbocycles. The second kappa shape index (κ2) is 7.88. The van der Waals surface area contributed by atoms with E-state index in [0.717, 1.165) is 30.4 Å². The largest absolute Gasteiger partial charge is 0.313 e. The van der Waals surface area contributed by atoms with Gasteiger partial charge in [0.15, 0.2) is 5.82 Å². The van der Waals surface area contributed by atoms with Crippen molar-refractivity contribution in [2.45, 2.75) is 26.8 Å². The van der Waals surface area contributed by atoms with E-state index in [0.29, 0.717) is 0 Å². The normalized spacial score (nSPS) is 11.1. The quantitative estimate of drug-likeness (QED) is 0.639. The average Bonchev–Trinajstić information content (AvgIpc) is 3.14. The number of hydrogen-bond donors (Lipinski definition) is 2. The third-order valence-corrected chi connectivity index (χ3v) is 4.07. The topological polar surface area (TPSA) is 53.6 Å². The van der Waals surface area contributed by atoms with Crippen molar-refractivity contribution in [1.29, 1.82) is 0 Å². The van der Waals surface area contributed by atoms with E-state index in [-0.39, 0.29) is 0 Å². The summed E-state index contributed by atoms with van der Waals surface area (Å²) < 4.78 is 0. The number of H-pyrrole nitrogens is 1. The Morgan fingerprint density at radius 3 is 2.50 bits per heavy atom. The Morgan fingerprint density at radius 2 is 1.79 bits per heavy atom. The standard InChI is InChI=1S/C20H24N4/c1-15(2)10-11-21-13-16-6-8-17(9-7-16)18-4-3-5-19(12-18)20-22-14-23-24-20/h3-9,12,14-15,21H,10-11,13H2,1-2H3,(H,22,23,24). The zero-order valence-corrected chi connectivity index (χ0v) is 14.3. The molecule has 0 aliphatic heterocycles. The van der Waals surface area contributed by atoms with Crippen molar-refractivity contribution in [3.63, 3.8) is 0 Å². The molecule has 0 aliphatic carbocycles. The second-order valence-corrected chi connectivity index (χ2v) is 6.47. The summed E-state index contributed by atoms with van der Waals surface area (Å²) in [6, 6.07) is 17.1. The highest BCUT2D eigenvalue weighted by molar-refractivity contribution is 5.70. The molecule has 124 valence electrons. The summed E-state index contributed by atoms with van der Waals surface area (Å²) in [6.45, 7) is 6.50.